The quantitative estimate of drug-likeness (QED) is 0.781. The second-order valence-electron chi connectivity index (χ2n) is 5.66. The van der Waals surface area contributed by atoms with Crippen molar-refractivity contribution in [3.05, 3.63) is 35.6 Å². The fourth-order valence-electron chi connectivity index (χ4n) is 1.86. The van der Waals surface area contributed by atoms with E-state index in [1.165, 1.54) is 12.1 Å². The highest BCUT2D eigenvalue weighted by Gasteiger charge is 2.23. The molecule has 0 heterocycles. The normalized spacial score (nSPS) is 15.4. The lowest BCUT2D eigenvalue weighted by atomic mass is 9.96. The summed E-state index contributed by atoms with van der Waals surface area (Å²) >= 11 is 0. The minimum Gasteiger partial charge on any atom is -0.259 e. The summed E-state index contributed by atoms with van der Waals surface area (Å²) in [6.07, 6.45) is 2.04. The van der Waals surface area contributed by atoms with Crippen LogP contribution in [-0.4, -0.2) is 14.7 Å². The molecule has 0 bridgehead atoms. The van der Waals surface area contributed by atoms with Gasteiger partial charge in [-0.2, -0.15) is 0 Å². The lowest BCUT2D eigenvalue weighted by Crippen LogP contribution is -2.26. The van der Waals surface area contributed by atoms with E-state index < -0.39 is 10.8 Å². The molecule has 0 spiro atoms. The molecule has 0 aromatic heterocycles. The standard InChI is InChI=1S/C15H23FOS/c1-5-6-13(11-18(17)15(2,3)4)12-7-9-14(16)10-8-12/h7-10,13H,5-6,11H2,1-4H3/t13?,18-/m1/s1. The van der Waals surface area contributed by atoms with Gasteiger partial charge < -0.3 is 0 Å². The molecule has 18 heavy (non-hydrogen) atoms. The molecule has 1 unspecified atom stereocenters. The molecule has 0 amide bonds. The zero-order valence-corrected chi connectivity index (χ0v) is 12.5. The molecule has 0 N–H and O–H groups in total. The van der Waals surface area contributed by atoms with E-state index in [1.807, 2.05) is 32.9 Å². The van der Waals surface area contributed by atoms with Gasteiger partial charge >= 0.3 is 0 Å². The molecule has 0 aliphatic heterocycles. The van der Waals surface area contributed by atoms with Crippen LogP contribution in [0.2, 0.25) is 0 Å². The van der Waals surface area contributed by atoms with Gasteiger partial charge in [0.25, 0.3) is 0 Å². The molecular weight excluding hydrogens is 247 g/mol. The van der Waals surface area contributed by atoms with Crippen LogP contribution in [0, 0.1) is 5.82 Å². The molecule has 1 aromatic rings. The summed E-state index contributed by atoms with van der Waals surface area (Å²) in [5, 5.41) is 0. The predicted molar refractivity (Wildman–Crippen MR) is 76.8 cm³/mol. The summed E-state index contributed by atoms with van der Waals surface area (Å²) in [6.45, 7) is 8.11. The topological polar surface area (TPSA) is 17.1 Å². The molecule has 1 rings (SSSR count). The Bertz CT molecular complexity index is 392. The Morgan fingerprint density at radius 3 is 2.22 bits per heavy atom. The molecule has 0 aliphatic rings. The summed E-state index contributed by atoms with van der Waals surface area (Å²) in [6, 6.07) is 6.60. The summed E-state index contributed by atoms with van der Waals surface area (Å²) in [7, 11) is -0.868. The Balaban J connectivity index is 2.83. The summed E-state index contributed by atoms with van der Waals surface area (Å²) in [5.41, 5.74) is 1.09. The van der Waals surface area contributed by atoms with Gasteiger partial charge in [0, 0.05) is 21.3 Å². The van der Waals surface area contributed by atoms with Crippen molar-refractivity contribution in [3.63, 3.8) is 0 Å². The van der Waals surface area contributed by atoms with Crippen LogP contribution in [0.15, 0.2) is 24.3 Å². The third kappa shape index (κ3) is 4.52. The molecular formula is C15H23FOS. The van der Waals surface area contributed by atoms with E-state index in [4.69, 9.17) is 0 Å². The fourth-order valence-corrected chi connectivity index (χ4v) is 3.09. The molecule has 0 aliphatic carbocycles. The summed E-state index contributed by atoms with van der Waals surface area (Å²) in [4.78, 5) is 0. The highest BCUT2D eigenvalue weighted by molar-refractivity contribution is 7.86. The Labute approximate surface area is 112 Å². The van der Waals surface area contributed by atoms with Crippen LogP contribution < -0.4 is 0 Å². The van der Waals surface area contributed by atoms with Crippen molar-refractivity contribution in [2.75, 3.05) is 5.75 Å². The smallest absolute Gasteiger partial charge is 0.123 e. The molecule has 0 radical (unpaired) electrons. The van der Waals surface area contributed by atoms with Crippen LogP contribution in [0.5, 0.6) is 0 Å². The Morgan fingerprint density at radius 2 is 1.78 bits per heavy atom. The van der Waals surface area contributed by atoms with Crippen molar-refractivity contribution in [2.45, 2.75) is 51.2 Å². The number of halogens is 1. The van der Waals surface area contributed by atoms with Crippen LogP contribution in [0.4, 0.5) is 4.39 Å². The zero-order chi connectivity index (χ0) is 13.8. The van der Waals surface area contributed by atoms with Crippen molar-refractivity contribution in [3.8, 4) is 0 Å². The number of hydrogen-bond donors (Lipinski definition) is 0. The van der Waals surface area contributed by atoms with Crippen LogP contribution in [0.3, 0.4) is 0 Å². The van der Waals surface area contributed by atoms with Crippen LogP contribution in [0.25, 0.3) is 0 Å². The van der Waals surface area contributed by atoms with E-state index in [9.17, 15) is 8.60 Å². The maximum Gasteiger partial charge on any atom is 0.123 e. The Hall–Kier alpha value is -0.700. The maximum atomic E-state index is 12.9. The molecule has 3 heteroatoms. The SMILES string of the molecule is CCCC(C[S@@](=O)C(C)(C)C)c1ccc(F)cc1. The van der Waals surface area contributed by atoms with Crippen molar-refractivity contribution >= 4 is 10.8 Å². The first-order chi connectivity index (χ1) is 8.34. The summed E-state index contributed by atoms with van der Waals surface area (Å²) in [5.74, 6) is 0.699. The van der Waals surface area contributed by atoms with E-state index in [0.29, 0.717) is 5.75 Å². The van der Waals surface area contributed by atoms with Crippen LogP contribution >= 0.6 is 0 Å². The van der Waals surface area contributed by atoms with Crippen LogP contribution in [-0.2, 0) is 10.8 Å². The molecule has 0 saturated carbocycles. The maximum absolute atomic E-state index is 12.9. The average Bonchev–Trinajstić information content (AvgIpc) is 2.28. The first kappa shape index (κ1) is 15.4. The molecule has 1 aromatic carbocycles. The first-order valence-corrected chi connectivity index (χ1v) is 7.80. The Kier molecular flexibility index (Phi) is 5.51. The van der Waals surface area contributed by atoms with Crippen molar-refractivity contribution in [1.82, 2.24) is 0 Å². The van der Waals surface area contributed by atoms with E-state index in [2.05, 4.69) is 6.92 Å². The zero-order valence-electron chi connectivity index (χ0n) is 11.7. The molecule has 0 fully saturated rings. The van der Waals surface area contributed by atoms with E-state index in [1.54, 1.807) is 0 Å². The molecule has 0 saturated heterocycles. The van der Waals surface area contributed by atoms with Gasteiger partial charge in [-0.15, -0.1) is 0 Å². The summed E-state index contributed by atoms with van der Waals surface area (Å²) < 4.78 is 25.0. The van der Waals surface area contributed by atoms with E-state index >= 15 is 0 Å². The highest BCUT2D eigenvalue weighted by atomic mass is 32.2. The van der Waals surface area contributed by atoms with Gasteiger partial charge in [-0.3, -0.25) is 4.21 Å². The van der Waals surface area contributed by atoms with E-state index in [-0.39, 0.29) is 16.5 Å². The molecule has 102 valence electrons. The van der Waals surface area contributed by atoms with Crippen molar-refractivity contribution < 1.29 is 8.60 Å². The van der Waals surface area contributed by atoms with E-state index in [0.717, 1.165) is 18.4 Å². The molecule has 2 atom stereocenters. The first-order valence-electron chi connectivity index (χ1n) is 6.48. The lowest BCUT2D eigenvalue weighted by Gasteiger charge is -2.23. The number of rotatable bonds is 5. The lowest BCUT2D eigenvalue weighted by molar-refractivity contribution is 0.613. The highest BCUT2D eigenvalue weighted by Crippen LogP contribution is 2.26. The Morgan fingerprint density at radius 1 is 1.22 bits per heavy atom. The second kappa shape index (κ2) is 6.46. The van der Waals surface area contributed by atoms with Crippen molar-refractivity contribution in [1.29, 1.82) is 0 Å². The largest absolute Gasteiger partial charge is 0.259 e. The average molecular weight is 270 g/mol. The molecule has 1 nitrogen and oxygen atoms in total. The number of benzene rings is 1. The fraction of sp³-hybridized carbons (Fsp3) is 0.600. The van der Waals surface area contributed by atoms with Gasteiger partial charge in [0.05, 0.1) is 0 Å². The monoisotopic (exact) mass is 270 g/mol. The third-order valence-corrected chi connectivity index (χ3v) is 5.09. The minimum atomic E-state index is -0.868. The predicted octanol–water partition coefficient (Wildman–Crippen LogP) is 4.26. The van der Waals surface area contributed by atoms with Crippen LogP contribution in [0.1, 0.15) is 52.0 Å². The third-order valence-electron chi connectivity index (χ3n) is 3.01. The second-order valence-corrected chi connectivity index (χ2v) is 7.91. The van der Waals surface area contributed by atoms with Gasteiger partial charge in [0.2, 0.25) is 0 Å². The van der Waals surface area contributed by atoms with Gasteiger partial charge in [-0.1, -0.05) is 25.5 Å². The van der Waals surface area contributed by atoms with Gasteiger partial charge in [-0.05, 0) is 50.8 Å². The van der Waals surface area contributed by atoms with Gasteiger partial charge in [-0.25, -0.2) is 4.39 Å². The minimum absolute atomic E-state index is 0.188. The van der Waals surface area contributed by atoms with Gasteiger partial charge in [0.15, 0.2) is 0 Å². The van der Waals surface area contributed by atoms with Crippen molar-refractivity contribution in [2.24, 2.45) is 0 Å². The van der Waals surface area contributed by atoms with Gasteiger partial charge in [0.1, 0.15) is 5.82 Å². The number of hydrogen-bond acceptors (Lipinski definition) is 1.